The van der Waals surface area contributed by atoms with Crippen LogP contribution in [0.5, 0.6) is 0 Å². The molecule has 1 aromatic rings. The fourth-order valence-electron chi connectivity index (χ4n) is 1.90. The maximum absolute atomic E-state index is 12.3. The van der Waals surface area contributed by atoms with Crippen molar-refractivity contribution < 1.29 is 8.42 Å². The van der Waals surface area contributed by atoms with Crippen molar-refractivity contribution in [2.24, 2.45) is 0 Å². The SMILES string of the molecule is CCNc1ccncc1S(=O)(=O)NCCN(C)C(C)CC. The van der Waals surface area contributed by atoms with Gasteiger partial charge in [-0.05, 0) is 33.4 Å². The molecule has 2 N–H and O–H groups in total. The van der Waals surface area contributed by atoms with E-state index in [-0.39, 0.29) is 4.90 Å². The number of anilines is 1. The van der Waals surface area contributed by atoms with Crippen LogP contribution in [0.2, 0.25) is 0 Å². The molecule has 21 heavy (non-hydrogen) atoms. The largest absolute Gasteiger partial charge is 0.384 e. The maximum Gasteiger partial charge on any atom is 0.244 e. The highest BCUT2D eigenvalue weighted by molar-refractivity contribution is 7.89. The van der Waals surface area contributed by atoms with Gasteiger partial charge in [0.1, 0.15) is 4.90 Å². The van der Waals surface area contributed by atoms with Gasteiger partial charge in [0.15, 0.2) is 0 Å². The maximum atomic E-state index is 12.3. The predicted molar refractivity (Wildman–Crippen MR) is 86.0 cm³/mol. The second-order valence-corrected chi connectivity index (χ2v) is 6.77. The molecule has 1 unspecified atom stereocenters. The molecule has 0 bridgehead atoms. The third-order valence-corrected chi connectivity index (χ3v) is 5.03. The Kier molecular flexibility index (Phi) is 7.07. The van der Waals surface area contributed by atoms with Gasteiger partial charge in [0.2, 0.25) is 10.0 Å². The van der Waals surface area contributed by atoms with Crippen LogP contribution >= 0.6 is 0 Å². The van der Waals surface area contributed by atoms with Gasteiger partial charge in [0.25, 0.3) is 0 Å². The third kappa shape index (κ3) is 5.26. The molecule has 0 aromatic carbocycles. The number of rotatable bonds is 9. The summed E-state index contributed by atoms with van der Waals surface area (Å²) in [5.41, 5.74) is 0.579. The van der Waals surface area contributed by atoms with Crippen LogP contribution in [0.15, 0.2) is 23.4 Å². The minimum atomic E-state index is -3.54. The van der Waals surface area contributed by atoms with Crippen molar-refractivity contribution in [1.29, 1.82) is 0 Å². The summed E-state index contributed by atoms with van der Waals surface area (Å²) < 4.78 is 27.3. The van der Waals surface area contributed by atoms with Gasteiger partial charge in [-0.25, -0.2) is 13.1 Å². The fraction of sp³-hybridized carbons (Fsp3) is 0.643. The monoisotopic (exact) mass is 314 g/mol. The highest BCUT2D eigenvalue weighted by atomic mass is 32.2. The zero-order valence-electron chi connectivity index (χ0n) is 13.3. The zero-order valence-corrected chi connectivity index (χ0v) is 14.1. The number of pyridine rings is 1. The molecule has 6 nitrogen and oxygen atoms in total. The van der Waals surface area contributed by atoms with Gasteiger partial charge in [0.05, 0.1) is 5.69 Å². The van der Waals surface area contributed by atoms with Crippen LogP contribution in [0.4, 0.5) is 5.69 Å². The summed E-state index contributed by atoms with van der Waals surface area (Å²) in [5.74, 6) is 0. The first-order valence-corrected chi connectivity index (χ1v) is 8.78. The van der Waals surface area contributed by atoms with Crippen LogP contribution in [0.1, 0.15) is 27.2 Å². The average Bonchev–Trinajstić information content (AvgIpc) is 2.46. The minimum absolute atomic E-state index is 0.193. The van der Waals surface area contributed by atoms with Gasteiger partial charge in [-0.15, -0.1) is 0 Å². The van der Waals surface area contributed by atoms with Gasteiger partial charge in [-0.3, -0.25) is 4.98 Å². The van der Waals surface area contributed by atoms with Crippen molar-refractivity contribution in [3.8, 4) is 0 Å². The summed E-state index contributed by atoms with van der Waals surface area (Å²) in [6.45, 7) is 7.87. The molecule has 0 saturated heterocycles. The van der Waals surface area contributed by atoms with E-state index in [2.05, 4.69) is 33.8 Å². The first-order chi connectivity index (χ1) is 9.92. The van der Waals surface area contributed by atoms with Crippen LogP contribution in [0.3, 0.4) is 0 Å². The van der Waals surface area contributed by atoms with Gasteiger partial charge in [-0.2, -0.15) is 0 Å². The molecule has 1 atom stereocenters. The molecular formula is C14H26N4O2S. The number of hydrogen-bond donors (Lipinski definition) is 2. The summed E-state index contributed by atoms with van der Waals surface area (Å²) in [5, 5.41) is 3.04. The Hall–Kier alpha value is -1.18. The van der Waals surface area contributed by atoms with E-state index in [1.165, 1.54) is 6.20 Å². The van der Waals surface area contributed by atoms with Crippen molar-refractivity contribution in [1.82, 2.24) is 14.6 Å². The van der Waals surface area contributed by atoms with Crippen LogP contribution in [0.25, 0.3) is 0 Å². The summed E-state index contributed by atoms with van der Waals surface area (Å²) >= 11 is 0. The molecule has 7 heteroatoms. The Morgan fingerprint density at radius 3 is 2.71 bits per heavy atom. The molecular weight excluding hydrogens is 288 g/mol. The van der Waals surface area contributed by atoms with Crippen LogP contribution in [0, 0.1) is 0 Å². The number of likely N-dealkylation sites (N-methyl/N-ethyl adjacent to an activating group) is 1. The lowest BCUT2D eigenvalue weighted by Crippen LogP contribution is -2.37. The van der Waals surface area contributed by atoms with Crippen LogP contribution in [-0.4, -0.2) is 51.0 Å². The molecule has 0 aliphatic carbocycles. The molecule has 120 valence electrons. The number of nitrogens with one attached hydrogen (secondary N) is 2. The second kappa shape index (κ2) is 8.31. The van der Waals surface area contributed by atoms with Crippen molar-refractivity contribution >= 4 is 15.7 Å². The number of hydrogen-bond acceptors (Lipinski definition) is 5. The Morgan fingerprint density at radius 1 is 1.38 bits per heavy atom. The summed E-state index contributed by atoms with van der Waals surface area (Å²) in [7, 11) is -1.55. The van der Waals surface area contributed by atoms with E-state index in [0.717, 1.165) is 6.42 Å². The van der Waals surface area contributed by atoms with Gasteiger partial charge < -0.3 is 10.2 Å². The quantitative estimate of drug-likeness (QED) is 0.723. The third-order valence-electron chi connectivity index (χ3n) is 3.54. The first-order valence-electron chi connectivity index (χ1n) is 7.30. The highest BCUT2D eigenvalue weighted by Gasteiger charge is 2.18. The van der Waals surface area contributed by atoms with Gasteiger partial charge in [0, 0.05) is 38.1 Å². The number of aromatic nitrogens is 1. The van der Waals surface area contributed by atoms with E-state index in [1.807, 2.05) is 14.0 Å². The van der Waals surface area contributed by atoms with E-state index in [1.54, 1.807) is 12.3 Å². The minimum Gasteiger partial charge on any atom is -0.384 e. The summed E-state index contributed by atoms with van der Waals surface area (Å²) in [4.78, 5) is 6.24. The van der Waals surface area contributed by atoms with Gasteiger partial charge in [-0.1, -0.05) is 6.92 Å². The lowest BCUT2D eigenvalue weighted by molar-refractivity contribution is 0.256. The molecule has 0 radical (unpaired) electrons. The Bertz CT molecular complexity index is 534. The van der Waals surface area contributed by atoms with E-state index in [9.17, 15) is 8.42 Å². The van der Waals surface area contributed by atoms with E-state index < -0.39 is 10.0 Å². The van der Waals surface area contributed by atoms with E-state index in [0.29, 0.717) is 31.4 Å². The smallest absolute Gasteiger partial charge is 0.244 e. The average molecular weight is 314 g/mol. The standard InChI is InChI=1S/C14H26N4O2S/c1-5-12(3)18(4)10-9-17-21(19,20)14-11-15-8-7-13(14)16-6-2/h7-8,11-12,17H,5-6,9-10H2,1-4H3,(H,15,16). The lowest BCUT2D eigenvalue weighted by Gasteiger charge is -2.23. The molecule has 0 spiro atoms. The van der Waals surface area contributed by atoms with E-state index in [4.69, 9.17) is 0 Å². The Balaban J connectivity index is 2.70. The van der Waals surface area contributed by atoms with Crippen LogP contribution in [-0.2, 0) is 10.0 Å². The van der Waals surface area contributed by atoms with Crippen LogP contribution < -0.4 is 10.0 Å². The second-order valence-electron chi connectivity index (χ2n) is 5.04. The number of sulfonamides is 1. The molecule has 1 heterocycles. The lowest BCUT2D eigenvalue weighted by atomic mass is 10.2. The molecule has 1 rings (SSSR count). The fourth-order valence-corrected chi connectivity index (χ4v) is 3.04. The van der Waals surface area contributed by atoms with Crippen molar-refractivity contribution in [2.45, 2.75) is 38.1 Å². The normalized spacial score (nSPS) is 13.4. The molecule has 0 amide bonds. The van der Waals surface area contributed by atoms with E-state index >= 15 is 0 Å². The number of nitrogens with zero attached hydrogens (tertiary/aromatic N) is 2. The highest BCUT2D eigenvalue weighted by Crippen LogP contribution is 2.18. The van der Waals surface area contributed by atoms with Crippen molar-refractivity contribution in [2.75, 3.05) is 32.0 Å². The Morgan fingerprint density at radius 2 is 2.10 bits per heavy atom. The van der Waals surface area contributed by atoms with Gasteiger partial charge >= 0.3 is 0 Å². The molecule has 0 aliphatic rings. The molecule has 1 aromatic heterocycles. The first kappa shape index (κ1) is 17.9. The summed E-state index contributed by atoms with van der Waals surface area (Å²) in [6.07, 6.45) is 3.99. The molecule has 0 fully saturated rings. The Labute approximate surface area is 128 Å². The molecule has 0 aliphatic heterocycles. The van der Waals surface area contributed by atoms with Crippen molar-refractivity contribution in [3.63, 3.8) is 0 Å². The van der Waals surface area contributed by atoms with Crippen molar-refractivity contribution in [3.05, 3.63) is 18.5 Å². The zero-order chi connectivity index (χ0) is 15.9. The molecule has 0 saturated carbocycles. The topological polar surface area (TPSA) is 74.3 Å². The predicted octanol–water partition coefficient (Wildman–Crippen LogP) is 1.52. The summed E-state index contributed by atoms with van der Waals surface area (Å²) in [6, 6.07) is 2.11.